The maximum absolute atomic E-state index is 9.02. The van der Waals surface area contributed by atoms with E-state index in [4.69, 9.17) is 10.9 Å². The summed E-state index contributed by atoms with van der Waals surface area (Å²) in [6, 6.07) is 0. The van der Waals surface area contributed by atoms with Gasteiger partial charge in [-0.2, -0.15) is 11.8 Å². The first-order valence-electron chi connectivity index (χ1n) is 6.48. The minimum Gasteiger partial charge on any atom is -0.396 e. The molecule has 20 heavy (non-hydrogen) atoms. The zero-order chi connectivity index (χ0) is 14.7. The van der Waals surface area contributed by atoms with Gasteiger partial charge in [0.1, 0.15) is 10.7 Å². The maximum Gasteiger partial charge on any atom is 0.152 e. The smallest absolute Gasteiger partial charge is 0.152 e. The standard InChI is InChI=1S/C13H20N4OS2/c1-7(4-18)5-19-6-10-15-12(17-14)11-8(2)9(3)20-13(11)16-10/h7,18H,4-6,14H2,1-3H3,(H,15,16,17). The van der Waals surface area contributed by atoms with Crippen molar-refractivity contribution in [2.45, 2.75) is 26.5 Å². The zero-order valence-corrected chi connectivity index (χ0v) is 13.6. The van der Waals surface area contributed by atoms with E-state index in [1.165, 1.54) is 10.4 Å². The lowest BCUT2D eigenvalue weighted by molar-refractivity contribution is 0.250. The van der Waals surface area contributed by atoms with Gasteiger partial charge in [0.25, 0.3) is 0 Å². The maximum atomic E-state index is 9.02. The number of aryl methyl sites for hydroxylation is 2. The average Bonchev–Trinajstić information content (AvgIpc) is 2.73. The van der Waals surface area contributed by atoms with E-state index in [1.54, 1.807) is 23.1 Å². The number of aromatic nitrogens is 2. The number of aliphatic hydroxyl groups is 1. The number of fused-ring (bicyclic) bond motifs is 1. The second-order valence-corrected chi connectivity index (χ2v) is 7.13. The Morgan fingerprint density at radius 2 is 2.15 bits per heavy atom. The molecule has 2 aromatic rings. The summed E-state index contributed by atoms with van der Waals surface area (Å²) >= 11 is 3.40. The van der Waals surface area contributed by atoms with E-state index in [2.05, 4.69) is 29.2 Å². The number of aliphatic hydroxyl groups excluding tert-OH is 1. The summed E-state index contributed by atoms with van der Waals surface area (Å²) in [5.41, 5.74) is 3.87. The summed E-state index contributed by atoms with van der Waals surface area (Å²) in [6.07, 6.45) is 0. The molecule has 0 aliphatic carbocycles. The van der Waals surface area contributed by atoms with Crippen LogP contribution >= 0.6 is 23.1 Å². The van der Waals surface area contributed by atoms with Gasteiger partial charge < -0.3 is 10.5 Å². The van der Waals surface area contributed by atoms with Gasteiger partial charge >= 0.3 is 0 Å². The van der Waals surface area contributed by atoms with Crippen LogP contribution in [0.15, 0.2) is 0 Å². The topological polar surface area (TPSA) is 84.1 Å². The molecular formula is C13H20N4OS2. The van der Waals surface area contributed by atoms with Crippen LogP contribution in [0, 0.1) is 19.8 Å². The van der Waals surface area contributed by atoms with Crippen molar-refractivity contribution >= 4 is 39.1 Å². The van der Waals surface area contributed by atoms with E-state index in [-0.39, 0.29) is 6.61 Å². The molecule has 0 saturated heterocycles. The number of hydrogen-bond acceptors (Lipinski definition) is 7. The highest BCUT2D eigenvalue weighted by Gasteiger charge is 2.14. The van der Waals surface area contributed by atoms with Crippen molar-refractivity contribution in [2.75, 3.05) is 17.8 Å². The molecular weight excluding hydrogens is 292 g/mol. The van der Waals surface area contributed by atoms with E-state index in [0.29, 0.717) is 11.7 Å². The lowest BCUT2D eigenvalue weighted by atomic mass is 10.2. The van der Waals surface area contributed by atoms with Crippen LogP contribution in [0.2, 0.25) is 0 Å². The molecule has 2 heterocycles. The quantitative estimate of drug-likeness (QED) is 0.561. The summed E-state index contributed by atoms with van der Waals surface area (Å²) < 4.78 is 0. The van der Waals surface area contributed by atoms with Crippen LogP contribution in [0.5, 0.6) is 0 Å². The SMILES string of the molecule is Cc1sc2nc(CSCC(C)CO)nc(NN)c2c1C. The Balaban J connectivity index is 2.23. The van der Waals surface area contributed by atoms with Crippen LogP contribution in [0.3, 0.4) is 0 Å². The summed E-state index contributed by atoms with van der Waals surface area (Å²) in [5, 5.41) is 10.0. The fourth-order valence-corrected chi connectivity index (χ4v) is 3.85. The Morgan fingerprint density at radius 3 is 2.80 bits per heavy atom. The van der Waals surface area contributed by atoms with E-state index in [1.807, 2.05) is 6.92 Å². The van der Waals surface area contributed by atoms with Crippen LogP contribution < -0.4 is 11.3 Å². The number of nitrogens with two attached hydrogens (primary N) is 1. The summed E-state index contributed by atoms with van der Waals surface area (Å²) in [6.45, 7) is 6.39. The lowest BCUT2D eigenvalue weighted by Crippen LogP contribution is -2.11. The number of anilines is 1. The van der Waals surface area contributed by atoms with Gasteiger partial charge in [0.05, 0.1) is 11.1 Å². The highest BCUT2D eigenvalue weighted by molar-refractivity contribution is 7.98. The van der Waals surface area contributed by atoms with Crippen molar-refractivity contribution in [2.24, 2.45) is 11.8 Å². The number of hydrogen-bond donors (Lipinski definition) is 3. The highest BCUT2D eigenvalue weighted by atomic mass is 32.2. The first-order chi connectivity index (χ1) is 9.56. The van der Waals surface area contributed by atoms with Crippen molar-refractivity contribution < 1.29 is 5.11 Å². The molecule has 0 amide bonds. The van der Waals surface area contributed by atoms with Crippen LogP contribution in [-0.2, 0) is 5.75 Å². The van der Waals surface area contributed by atoms with E-state index < -0.39 is 0 Å². The molecule has 0 aliphatic heterocycles. The molecule has 0 spiro atoms. The number of thiophene rings is 1. The molecule has 0 bridgehead atoms. The third kappa shape index (κ3) is 3.22. The van der Waals surface area contributed by atoms with Crippen LogP contribution in [-0.4, -0.2) is 27.4 Å². The van der Waals surface area contributed by atoms with Crippen molar-refractivity contribution in [3.63, 3.8) is 0 Å². The molecule has 4 N–H and O–H groups in total. The molecule has 0 saturated carbocycles. The minimum atomic E-state index is 0.214. The molecule has 0 radical (unpaired) electrons. The van der Waals surface area contributed by atoms with Gasteiger partial charge in [0.2, 0.25) is 0 Å². The second kappa shape index (κ2) is 6.71. The number of nitrogen functional groups attached to an aromatic ring is 1. The molecule has 5 nitrogen and oxygen atoms in total. The Morgan fingerprint density at radius 1 is 1.40 bits per heavy atom. The molecule has 0 aromatic carbocycles. The number of rotatable bonds is 6. The summed E-state index contributed by atoms with van der Waals surface area (Å²) in [7, 11) is 0. The molecule has 0 fully saturated rings. The molecule has 2 aromatic heterocycles. The number of nitrogens with zero attached hydrogens (tertiary/aromatic N) is 2. The largest absolute Gasteiger partial charge is 0.396 e. The predicted molar refractivity (Wildman–Crippen MR) is 87.1 cm³/mol. The van der Waals surface area contributed by atoms with Gasteiger partial charge in [-0.05, 0) is 31.1 Å². The Hall–Kier alpha value is -0.890. The monoisotopic (exact) mass is 312 g/mol. The van der Waals surface area contributed by atoms with Gasteiger partial charge in [-0.1, -0.05) is 6.92 Å². The first kappa shape index (κ1) is 15.5. The third-order valence-corrected chi connectivity index (χ3v) is 5.53. The van der Waals surface area contributed by atoms with Crippen molar-refractivity contribution in [3.05, 3.63) is 16.3 Å². The number of hydrazine groups is 1. The predicted octanol–water partition coefficient (Wildman–Crippen LogP) is 2.46. The molecule has 7 heteroatoms. The van der Waals surface area contributed by atoms with Crippen LogP contribution in [0.25, 0.3) is 10.2 Å². The summed E-state index contributed by atoms with van der Waals surface area (Å²) in [4.78, 5) is 11.3. The Labute approximate surface area is 127 Å². The summed E-state index contributed by atoms with van der Waals surface area (Å²) in [5.74, 6) is 8.98. The van der Waals surface area contributed by atoms with Gasteiger partial charge in [-0.3, -0.25) is 0 Å². The van der Waals surface area contributed by atoms with E-state index in [0.717, 1.165) is 27.5 Å². The molecule has 1 atom stereocenters. The van der Waals surface area contributed by atoms with Crippen molar-refractivity contribution in [3.8, 4) is 0 Å². The van der Waals surface area contributed by atoms with Gasteiger partial charge in [0.15, 0.2) is 5.82 Å². The fourth-order valence-electron chi connectivity index (χ4n) is 1.87. The number of thioether (sulfide) groups is 1. The van der Waals surface area contributed by atoms with Crippen LogP contribution in [0.1, 0.15) is 23.2 Å². The first-order valence-corrected chi connectivity index (χ1v) is 8.45. The van der Waals surface area contributed by atoms with Crippen LogP contribution in [0.4, 0.5) is 5.82 Å². The molecule has 2 rings (SSSR count). The van der Waals surface area contributed by atoms with Gasteiger partial charge in [-0.15, -0.1) is 11.3 Å². The highest BCUT2D eigenvalue weighted by Crippen LogP contribution is 2.33. The Kier molecular flexibility index (Phi) is 5.20. The molecule has 110 valence electrons. The van der Waals surface area contributed by atoms with Gasteiger partial charge in [0, 0.05) is 11.5 Å². The zero-order valence-electron chi connectivity index (χ0n) is 11.9. The van der Waals surface area contributed by atoms with E-state index in [9.17, 15) is 0 Å². The van der Waals surface area contributed by atoms with E-state index >= 15 is 0 Å². The van der Waals surface area contributed by atoms with Crippen molar-refractivity contribution in [1.82, 2.24) is 9.97 Å². The average molecular weight is 312 g/mol. The molecule has 0 aliphatic rings. The molecule has 1 unspecified atom stereocenters. The normalized spacial score (nSPS) is 12.8. The third-order valence-electron chi connectivity index (χ3n) is 3.16. The second-order valence-electron chi connectivity index (χ2n) is 4.90. The number of nitrogens with one attached hydrogen (secondary N) is 1. The Bertz CT molecular complexity index is 600. The minimum absolute atomic E-state index is 0.214. The lowest BCUT2D eigenvalue weighted by Gasteiger charge is -2.08. The van der Waals surface area contributed by atoms with Gasteiger partial charge in [-0.25, -0.2) is 15.8 Å². The fraction of sp³-hybridized carbons (Fsp3) is 0.538. The van der Waals surface area contributed by atoms with Crippen molar-refractivity contribution in [1.29, 1.82) is 0 Å².